The summed E-state index contributed by atoms with van der Waals surface area (Å²) < 4.78 is 5.41. The zero-order valence-corrected chi connectivity index (χ0v) is 11.8. The van der Waals surface area contributed by atoms with E-state index in [1.807, 2.05) is 0 Å². The van der Waals surface area contributed by atoms with E-state index in [1.54, 1.807) is 29.2 Å². The summed E-state index contributed by atoms with van der Waals surface area (Å²) in [4.78, 5) is 24.9. The number of nitrogens with two attached hydrogens (primary N) is 1. The number of benzene rings is 1. The van der Waals surface area contributed by atoms with Crippen LogP contribution < -0.4 is 10.5 Å². The molecule has 0 saturated carbocycles. The van der Waals surface area contributed by atoms with Gasteiger partial charge < -0.3 is 15.4 Å². The molecule has 2 N–H and O–H groups in total. The topological polar surface area (TPSA) is 72.6 Å². The molecule has 1 aromatic rings. The Morgan fingerprint density at radius 3 is 2.85 bits per heavy atom. The molecule has 1 fully saturated rings. The minimum atomic E-state index is -0.352. The Bertz CT molecular complexity index is 507. The van der Waals surface area contributed by atoms with Gasteiger partial charge in [-0.05, 0) is 25.0 Å². The summed E-state index contributed by atoms with van der Waals surface area (Å²) in [5, 5.41) is 0.467. The molecule has 2 rings (SSSR count). The second-order valence-electron chi connectivity index (χ2n) is 4.80. The van der Waals surface area contributed by atoms with Crippen LogP contribution in [0.5, 0.6) is 5.75 Å². The number of likely N-dealkylation sites (tertiary alicyclic amines) is 1. The number of ether oxygens (including phenoxy) is 1. The molecule has 0 bridgehead atoms. The first-order valence-electron chi connectivity index (χ1n) is 6.52. The molecule has 1 unspecified atom stereocenters. The van der Waals surface area contributed by atoms with Crippen molar-refractivity contribution in [2.75, 3.05) is 19.7 Å². The van der Waals surface area contributed by atoms with E-state index in [0.717, 1.165) is 12.8 Å². The van der Waals surface area contributed by atoms with E-state index >= 15 is 0 Å². The van der Waals surface area contributed by atoms with Gasteiger partial charge in [0.15, 0.2) is 6.61 Å². The monoisotopic (exact) mass is 296 g/mol. The van der Waals surface area contributed by atoms with Gasteiger partial charge >= 0.3 is 0 Å². The lowest BCUT2D eigenvalue weighted by molar-refractivity contribution is -0.136. The largest absolute Gasteiger partial charge is 0.482 e. The van der Waals surface area contributed by atoms with Crippen molar-refractivity contribution in [1.82, 2.24) is 4.90 Å². The third-order valence-corrected chi connectivity index (χ3v) is 3.68. The van der Waals surface area contributed by atoms with Gasteiger partial charge in [-0.25, -0.2) is 0 Å². The van der Waals surface area contributed by atoms with Gasteiger partial charge in [0.25, 0.3) is 5.91 Å². The Hall–Kier alpha value is -1.75. The number of para-hydroxylation sites is 1. The van der Waals surface area contributed by atoms with E-state index in [1.165, 1.54) is 0 Å². The quantitative estimate of drug-likeness (QED) is 0.914. The van der Waals surface area contributed by atoms with E-state index in [-0.39, 0.29) is 24.3 Å². The second-order valence-corrected chi connectivity index (χ2v) is 5.21. The maximum Gasteiger partial charge on any atom is 0.260 e. The predicted octanol–water partition coefficient (Wildman–Crippen LogP) is 1.44. The van der Waals surface area contributed by atoms with Crippen LogP contribution in [-0.4, -0.2) is 36.4 Å². The lowest BCUT2D eigenvalue weighted by Crippen LogP contribution is -2.45. The van der Waals surface area contributed by atoms with E-state index in [9.17, 15) is 9.59 Å². The highest BCUT2D eigenvalue weighted by atomic mass is 35.5. The van der Waals surface area contributed by atoms with Gasteiger partial charge in [0.2, 0.25) is 5.91 Å². The molecule has 0 spiro atoms. The first-order chi connectivity index (χ1) is 9.58. The van der Waals surface area contributed by atoms with Gasteiger partial charge in [-0.2, -0.15) is 0 Å². The number of piperidine rings is 1. The Balaban J connectivity index is 1.89. The van der Waals surface area contributed by atoms with Crippen molar-refractivity contribution in [2.45, 2.75) is 12.8 Å². The summed E-state index contributed by atoms with van der Waals surface area (Å²) in [5.41, 5.74) is 5.29. The molecule has 20 heavy (non-hydrogen) atoms. The minimum Gasteiger partial charge on any atom is -0.482 e. The molecule has 2 amide bonds. The Morgan fingerprint density at radius 1 is 1.40 bits per heavy atom. The minimum absolute atomic E-state index is 0.0881. The molecule has 5 nitrogen and oxygen atoms in total. The van der Waals surface area contributed by atoms with Crippen LogP contribution in [0.3, 0.4) is 0 Å². The first kappa shape index (κ1) is 14.7. The van der Waals surface area contributed by atoms with Crippen molar-refractivity contribution in [3.05, 3.63) is 29.3 Å². The number of amides is 2. The number of nitrogens with zero attached hydrogens (tertiary/aromatic N) is 1. The van der Waals surface area contributed by atoms with Crippen LogP contribution in [0.2, 0.25) is 5.02 Å². The fourth-order valence-electron chi connectivity index (χ4n) is 2.23. The van der Waals surface area contributed by atoms with Gasteiger partial charge in [0.1, 0.15) is 5.75 Å². The van der Waals surface area contributed by atoms with Crippen LogP contribution in [0, 0.1) is 5.92 Å². The summed E-state index contributed by atoms with van der Waals surface area (Å²) in [7, 11) is 0. The zero-order chi connectivity index (χ0) is 14.5. The van der Waals surface area contributed by atoms with Crippen LogP contribution in [0.1, 0.15) is 12.8 Å². The summed E-state index contributed by atoms with van der Waals surface area (Å²) in [6.07, 6.45) is 1.52. The van der Waals surface area contributed by atoms with Crippen molar-refractivity contribution < 1.29 is 14.3 Å². The number of carbonyl (C=O) groups is 2. The second kappa shape index (κ2) is 6.61. The molecule has 0 aliphatic carbocycles. The van der Waals surface area contributed by atoms with Gasteiger partial charge in [0.05, 0.1) is 10.9 Å². The number of primary amides is 1. The van der Waals surface area contributed by atoms with Crippen molar-refractivity contribution in [1.29, 1.82) is 0 Å². The van der Waals surface area contributed by atoms with Gasteiger partial charge in [-0.1, -0.05) is 23.7 Å². The Kier molecular flexibility index (Phi) is 4.84. The number of rotatable bonds is 4. The van der Waals surface area contributed by atoms with E-state index in [4.69, 9.17) is 22.1 Å². The van der Waals surface area contributed by atoms with Crippen LogP contribution in [-0.2, 0) is 9.59 Å². The molecule has 108 valence electrons. The predicted molar refractivity (Wildman–Crippen MR) is 75.4 cm³/mol. The average molecular weight is 297 g/mol. The van der Waals surface area contributed by atoms with E-state index in [0.29, 0.717) is 23.9 Å². The Morgan fingerprint density at radius 2 is 2.15 bits per heavy atom. The third kappa shape index (κ3) is 3.63. The molecule has 1 atom stereocenters. The standard InChI is InChI=1S/C14H17ClN2O3/c15-11-5-1-2-6-12(11)20-9-13(18)17-7-3-4-10(8-17)14(16)19/h1-2,5-6,10H,3-4,7-9H2,(H2,16,19). The number of hydrogen-bond donors (Lipinski definition) is 1. The zero-order valence-electron chi connectivity index (χ0n) is 11.0. The van der Waals surface area contributed by atoms with Crippen molar-refractivity contribution in [2.24, 2.45) is 11.7 Å². The summed E-state index contributed by atoms with van der Waals surface area (Å²) in [5.74, 6) is -0.288. The van der Waals surface area contributed by atoms with Gasteiger partial charge in [0, 0.05) is 13.1 Å². The highest BCUT2D eigenvalue weighted by molar-refractivity contribution is 6.32. The van der Waals surface area contributed by atoms with E-state index in [2.05, 4.69) is 0 Å². The van der Waals surface area contributed by atoms with Crippen molar-refractivity contribution >= 4 is 23.4 Å². The molecule has 1 aromatic carbocycles. The molecule has 1 aliphatic heterocycles. The summed E-state index contributed by atoms with van der Waals surface area (Å²) >= 11 is 5.95. The molecule has 0 radical (unpaired) electrons. The number of hydrogen-bond acceptors (Lipinski definition) is 3. The lowest BCUT2D eigenvalue weighted by atomic mass is 9.97. The maximum absolute atomic E-state index is 12.1. The lowest BCUT2D eigenvalue weighted by Gasteiger charge is -2.31. The fourth-order valence-corrected chi connectivity index (χ4v) is 2.42. The summed E-state index contributed by atoms with van der Waals surface area (Å²) in [6, 6.07) is 6.98. The van der Waals surface area contributed by atoms with Crippen LogP contribution in [0.25, 0.3) is 0 Å². The van der Waals surface area contributed by atoms with Gasteiger partial charge in [-0.3, -0.25) is 9.59 Å². The smallest absolute Gasteiger partial charge is 0.260 e. The summed E-state index contributed by atoms with van der Waals surface area (Å²) in [6.45, 7) is 0.920. The van der Waals surface area contributed by atoms with Crippen molar-refractivity contribution in [3.63, 3.8) is 0 Å². The van der Waals surface area contributed by atoms with E-state index < -0.39 is 0 Å². The molecule has 1 aliphatic rings. The molecule has 0 aromatic heterocycles. The molecular weight excluding hydrogens is 280 g/mol. The first-order valence-corrected chi connectivity index (χ1v) is 6.90. The molecular formula is C14H17ClN2O3. The molecule has 1 saturated heterocycles. The Labute approximate surface area is 122 Å². The molecule has 6 heteroatoms. The van der Waals surface area contributed by atoms with Crippen LogP contribution >= 0.6 is 11.6 Å². The average Bonchev–Trinajstić information content (AvgIpc) is 2.46. The van der Waals surface area contributed by atoms with Crippen molar-refractivity contribution in [3.8, 4) is 5.75 Å². The normalized spacial score (nSPS) is 18.6. The third-order valence-electron chi connectivity index (χ3n) is 3.36. The van der Waals surface area contributed by atoms with Crippen LogP contribution in [0.15, 0.2) is 24.3 Å². The molecule has 1 heterocycles. The van der Waals surface area contributed by atoms with Crippen LogP contribution in [0.4, 0.5) is 0 Å². The number of halogens is 1. The highest BCUT2D eigenvalue weighted by Gasteiger charge is 2.27. The maximum atomic E-state index is 12.1. The fraction of sp³-hybridized carbons (Fsp3) is 0.429. The number of carbonyl (C=O) groups excluding carboxylic acids is 2. The van der Waals surface area contributed by atoms with Gasteiger partial charge in [-0.15, -0.1) is 0 Å². The SMILES string of the molecule is NC(=O)C1CCCN(C(=O)COc2ccccc2Cl)C1. The highest BCUT2D eigenvalue weighted by Crippen LogP contribution is 2.23.